The SMILES string of the molecule is CC1CCN(c2ccc(F)cc2-c2ccc(C=O)o2)CC1. The summed E-state index contributed by atoms with van der Waals surface area (Å²) in [7, 11) is 0. The molecule has 0 atom stereocenters. The molecule has 0 amide bonds. The van der Waals surface area contributed by atoms with E-state index in [0.29, 0.717) is 17.6 Å². The van der Waals surface area contributed by atoms with Gasteiger partial charge in [0.1, 0.15) is 11.6 Å². The number of hydrogen-bond acceptors (Lipinski definition) is 3. The highest BCUT2D eigenvalue weighted by atomic mass is 19.1. The largest absolute Gasteiger partial charge is 0.453 e. The van der Waals surface area contributed by atoms with Crippen LogP contribution in [0.25, 0.3) is 11.3 Å². The van der Waals surface area contributed by atoms with Crippen LogP contribution in [0, 0.1) is 11.7 Å². The van der Waals surface area contributed by atoms with Crippen molar-refractivity contribution >= 4 is 12.0 Å². The van der Waals surface area contributed by atoms with E-state index in [1.807, 2.05) is 0 Å². The Morgan fingerprint density at radius 2 is 2.00 bits per heavy atom. The molecule has 0 aliphatic carbocycles. The van der Waals surface area contributed by atoms with Crippen LogP contribution in [0.4, 0.5) is 10.1 Å². The lowest BCUT2D eigenvalue weighted by Crippen LogP contribution is -2.33. The van der Waals surface area contributed by atoms with Crippen LogP contribution in [0.5, 0.6) is 0 Å². The predicted octanol–water partition coefficient (Wildman–Crippen LogP) is 4.13. The fourth-order valence-electron chi connectivity index (χ4n) is 2.79. The lowest BCUT2D eigenvalue weighted by molar-refractivity contribution is 0.110. The van der Waals surface area contributed by atoms with Crippen LogP contribution >= 0.6 is 0 Å². The van der Waals surface area contributed by atoms with E-state index in [4.69, 9.17) is 4.42 Å². The van der Waals surface area contributed by atoms with Gasteiger partial charge in [-0.1, -0.05) is 6.92 Å². The first-order valence-corrected chi connectivity index (χ1v) is 7.27. The fourth-order valence-corrected chi connectivity index (χ4v) is 2.79. The first kappa shape index (κ1) is 13.9. The van der Waals surface area contributed by atoms with Gasteiger partial charge in [-0.15, -0.1) is 0 Å². The average molecular weight is 287 g/mol. The molecule has 110 valence electrons. The van der Waals surface area contributed by atoms with E-state index in [9.17, 15) is 9.18 Å². The lowest BCUT2D eigenvalue weighted by Gasteiger charge is -2.33. The number of nitrogens with zero attached hydrogens (tertiary/aromatic N) is 1. The minimum atomic E-state index is -0.303. The molecule has 0 N–H and O–H groups in total. The molecule has 1 fully saturated rings. The van der Waals surface area contributed by atoms with Gasteiger partial charge in [0.2, 0.25) is 0 Å². The number of rotatable bonds is 3. The Hall–Kier alpha value is -2.10. The molecule has 1 aromatic carbocycles. The van der Waals surface area contributed by atoms with Gasteiger partial charge in [-0.05, 0) is 49.1 Å². The van der Waals surface area contributed by atoms with Crippen LogP contribution in [0.3, 0.4) is 0 Å². The van der Waals surface area contributed by atoms with Gasteiger partial charge in [0.05, 0.1) is 0 Å². The van der Waals surface area contributed by atoms with Crippen LogP contribution < -0.4 is 4.90 Å². The van der Waals surface area contributed by atoms with Crippen LogP contribution in [0.2, 0.25) is 0 Å². The van der Waals surface area contributed by atoms with Crippen molar-refractivity contribution in [1.29, 1.82) is 0 Å². The number of carbonyl (C=O) groups is 1. The third-order valence-electron chi connectivity index (χ3n) is 4.09. The first-order chi connectivity index (χ1) is 10.2. The maximum Gasteiger partial charge on any atom is 0.185 e. The number of aldehydes is 1. The molecule has 1 saturated heterocycles. The molecular formula is C17H18FNO2. The highest BCUT2D eigenvalue weighted by molar-refractivity contribution is 5.78. The molecule has 0 unspecified atom stereocenters. The molecule has 1 aliphatic rings. The quantitative estimate of drug-likeness (QED) is 0.796. The highest BCUT2D eigenvalue weighted by Crippen LogP contribution is 2.34. The Morgan fingerprint density at radius 3 is 2.67 bits per heavy atom. The normalized spacial score (nSPS) is 16.2. The molecule has 4 heteroatoms. The van der Waals surface area contributed by atoms with Crippen molar-refractivity contribution < 1.29 is 13.6 Å². The van der Waals surface area contributed by atoms with Crippen LogP contribution in [-0.2, 0) is 0 Å². The van der Waals surface area contributed by atoms with Gasteiger partial charge in [0, 0.05) is 24.3 Å². The Bertz CT molecular complexity index is 642. The summed E-state index contributed by atoms with van der Waals surface area (Å²) in [4.78, 5) is 13.0. The molecule has 2 heterocycles. The topological polar surface area (TPSA) is 33.5 Å². The summed E-state index contributed by atoms with van der Waals surface area (Å²) in [6, 6.07) is 8.06. The number of carbonyl (C=O) groups excluding carboxylic acids is 1. The summed E-state index contributed by atoms with van der Waals surface area (Å²) < 4.78 is 19.1. The maximum atomic E-state index is 13.6. The summed E-state index contributed by atoms with van der Waals surface area (Å²) in [5.74, 6) is 1.22. The van der Waals surface area contributed by atoms with Crippen molar-refractivity contribution in [2.45, 2.75) is 19.8 Å². The molecule has 0 bridgehead atoms. The number of anilines is 1. The van der Waals surface area contributed by atoms with E-state index < -0.39 is 0 Å². The summed E-state index contributed by atoms with van der Waals surface area (Å²) >= 11 is 0. The maximum absolute atomic E-state index is 13.6. The van der Waals surface area contributed by atoms with E-state index in [1.54, 1.807) is 18.2 Å². The standard InChI is InChI=1S/C17H18FNO2/c1-12-6-8-19(9-7-12)16-4-2-13(18)10-15(16)17-5-3-14(11-20)21-17/h2-5,10-12H,6-9H2,1H3. The minimum absolute atomic E-state index is 0.257. The molecule has 2 aromatic rings. The van der Waals surface area contributed by atoms with Crippen LogP contribution in [0.1, 0.15) is 30.3 Å². The van der Waals surface area contributed by atoms with Gasteiger partial charge in [0.15, 0.2) is 12.0 Å². The zero-order valence-corrected chi connectivity index (χ0v) is 12.0. The Labute approximate surface area is 123 Å². The third-order valence-corrected chi connectivity index (χ3v) is 4.09. The third kappa shape index (κ3) is 2.84. The van der Waals surface area contributed by atoms with Gasteiger partial charge in [-0.3, -0.25) is 4.79 Å². The molecular weight excluding hydrogens is 269 g/mol. The van der Waals surface area contributed by atoms with Crippen molar-refractivity contribution in [3.63, 3.8) is 0 Å². The molecule has 0 radical (unpaired) electrons. The second kappa shape index (κ2) is 5.72. The molecule has 0 saturated carbocycles. The summed E-state index contributed by atoms with van der Waals surface area (Å²) in [6.45, 7) is 4.17. The van der Waals surface area contributed by atoms with Crippen molar-refractivity contribution in [1.82, 2.24) is 0 Å². The molecule has 3 rings (SSSR count). The predicted molar refractivity (Wildman–Crippen MR) is 80.1 cm³/mol. The van der Waals surface area contributed by atoms with Gasteiger partial charge < -0.3 is 9.32 Å². The average Bonchev–Trinajstić information content (AvgIpc) is 2.97. The second-order valence-electron chi connectivity index (χ2n) is 5.65. The Balaban J connectivity index is 1.98. The smallest absolute Gasteiger partial charge is 0.185 e. The van der Waals surface area contributed by atoms with E-state index in [-0.39, 0.29) is 11.6 Å². The highest BCUT2D eigenvalue weighted by Gasteiger charge is 2.20. The second-order valence-corrected chi connectivity index (χ2v) is 5.65. The molecule has 21 heavy (non-hydrogen) atoms. The fraction of sp³-hybridized carbons (Fsp3) is 0.353. The van der Waals surface area contributed by atoms with Gasteiger partial charge in [-0.2, -0.15) is 0 Å². The van der Waals surface area contributed by atoms with Gasteiger partial charge in [-0.25, -0.2) is 4.39 Å². The lowest BCUT2D eigenvalue weighted by atomic mass is 9.97. The van der Waals surface area contributed by atoms with Crippen molar-refractivity contribution in [2.24, 2.45) is 5.92 Å². The van der Waals surface area contributed by atoms with Crippen molar-refractivity contribution in [3.05, 3.63) is 41.9 Å². The summed E-state index contributed by atoms with van der Waals surface area (Å²) in [5.41, 5.74) is 1.67. The number of piperidine rings is 1. The molecule has 3 nitrogen and oxygen atoms in total. The summed E-state index contributed by atoms with van der Waals surface area (Å²) in [5, 5.41) is 0. The zero-order valence-electron chi connectivity index (χ0n) is 12.0. The van der Waals surface area contributed by atoms with E-state index >= 15 is 0 Å². The number of furan rings is 1. The van der Waals surface area contributed by atoms with Gasteiger partial charge >= 0.3 is 0 Å². The first-order valence-electron chi connectivity index (χ1n) is 7.27. The molecule has 0 spiro atoms. The number of hydrogen-bond donors (Lipinski definition) is 0. The van der Waals surface area contributed by atoms with E-state index in [1.165, 1.54) is 12.1 Å². The molecule has 1 aromatic heterocycles. The zero-order chi connectivity index (χ0) is 14.8. The van der Waals surface area contributed by atoms with Crippen LogP contribution in [-0.4, -0.2) is 19.4 Å². The van der Waals surface area contributed by atoms with E-state index in [2.05, 4.69) is 11.8 Å². The molecule has 1 aliphatic heterocycles. The minimum Gasteiger partial charge on any atom is -0.453 e. The monoisotopic (exact) mass is 287 g/mol. The van der Waals surface area contributed by atoms with Gasteiger partial charge in [0.25, 0.3) is 0 Å². The Morgan fingerprint density at radius 1 is 1.24 bits per heavy atom. The number of halogens is 1. The summed E-state index contributed by atoms with van der Waals surface area (Å²) in [6.07, 6.45) is 2.92. The van der Waals surface area contributed by atoms with E-state index in [0.717, 1.165) is 37.5 Å². The Kier molecular flexibility index (Phi) is 3.78. The van der Waals surface area contributed by atoms with Crippen LogP contribution in [0.15, 0.2) is 34.7 Å². The van der Waals surface area contributed by atoms with Crippen molar-refractivity contribution in [3.8, 4) is 11.3 Å². The number of benzene rings is 1. The van der Waals surface area contributed by atoms with Crippen molar-refractivity contribution in [2.75, 3.05) is 18.0 Å².